The Morgan fingerprint density at radius 2 is 2.06 bits per heavy atom. The van der Waals surface area contributed by atoms with Crippen molar-refractivity contribution in [3.8, 4) is 0 Å². The lowest BCUT2D eigenvalue weighted by molar-refractivity contribution is -0.121. The summed E-state index contributed by atoms with van der Waals surface area (Å²) in [6.45, 7) is 1.54. The van der Waals surface area contributed by atoms with Gasteiger partial charge in [0.1, 0.15) is 0 Å². The van der Waals surface area contributed by atoms with E-state index < -0.39 is 0 Å². The fourth-order valence-corrected chi connectivity index (χ4v) is 2.20. The molecular formula is C12H10BrNO3. The van der Waals surface area contributed by atoms with Crippen molar-refractivity contribution in [2.75, 3.05) is 11.4 Å². The van der Waals surface area contributed by atoms with Crippen LogP contribution in [0.5, 0.6) is 0 Å². The number of anilines is 1. The highest BCUT2D eigenvalue weighted by atomic mass is 79.9. The van der Waals surface area contributed by atoms with Crippen LogP contribution in [0.3, 0.4) is 0 Å². The summed E-state index contributed by atoms with van der Waals surface area (Å²) in [7, 11) is 0. The number of ketones is 2. The largest absolute Gasteiger partial charge is 0.303 e. The minimum absolute atomic E-state index is 0.0588. The van der Waals surface area contributed by atoms with Crippen LogP contribution in [-0.4, -0.2) is 24.0 Å². The first kappa shape index (κ1) is 12.0. The molecule has 1 heterocycles. The summed E-state index contributed by atoms with van der Waals surface area (Å²) in [6, 6.07) is 5.02. The molecule has 0 aliphatic carbocycles. The van der Waals surface area contributed by atoms with E-state index in [2.05, 4.69) is 15.9 Å². The molecule has 0 atom stereocenters. The Balaban J connectivity index is 2.44. The van der Waals surface area contributed by atoms with Crippen molar-refractivity contribution < 1.29 is 14.4 Å². The SMILES string of the molecule is CC(=O)c1ccc(Br)c(N2CC(=O)CC2=O)c1. The number of carbonyl (C=O) groups is 3. The Morgan fingerprint density at radius 3 is 2.59 bits per heavy atom. The smallest absolute Gasteiger partial charge is 0.234 e. The van der Waals surface area contributed by atoms with Crippen LogP contribution in [0, 0.1) is 0 Å². The molecule has 17 heavy (non-hydrogen) atoms. The Bertz CT molecular complexity index is 524. The highest BCUT2D eigenvalue weighted by Crippen LogP contribution is 2.30. The fourth-order valence-electron chi connectivity index (χ4n) is 1.74. The summed E-state index contributed by atoms with van der Waals surface area (Å²) < 4.78 is 0.700. The number of benzene rings is 1. The quantitative estimate of drug-likeness (QED) is 0.619. The number of amides is 1. The lowest BCUT2D eigenvalue weighted by atomic mass is 10.1. The minimum Gasteiger partial charge on any atom is -0.303 e. The predicted molar refractivity (Wildman–Crippen MR) is 66.1 cm³/mol. The van der Waals surface area contributed by atoms with Crippen LogP contribution in [0.2, 0.25) is 0 Å². The fraction of sp³-hybridized carbons (Fsp3) is 0.250. The van der Waals surface area contributed by atoms with Crippen LogP contribution in [0.4, 0.5) is 5.69 Å². The van der Waals surface area contributed by atoms with Crippen LogP contribution in [0.25, 0.3) is 0 Å². The zero-order valence-electron chi connectivity index (χ0n) is 9.20. The van der Waals surface area contributed by atoms with E-state index in [9.17, 15) is 14.4 Å². The first-order valence-electron chi connectivity index (χ1n) is 5.11. The highest BCUT2D eigenvalue weighted by molar-refractivity contribution is 9.10. The summed E-state index contributed by atoms with van der Waals surface area (Å²) in [4.78, 5) is 35.5. The molecule has 0 spiro atoms. The molecule has 2 rings (SSSR count). The predicted octanol–water partition coefficient (Wildman–Crippen LogP) is 1.96. The van der Waals surface area contributed by atoms with E-state index in [1.54, 1.807) is 18.2 Å². The second kappa shape index (κ2) is 4.41. The van der Waals surface area contributed by atoms with Gasteiger partial charge in [-0.15, -0.1) is 0 Å². The van der Waals surface area contributed by atoms with Gasteiger partial charge >= 0.3 is 0 Å². The zero-order valence-corrected chi connectivity index (χ0v) is 10.8. The van der Waals surface area contributed by atoms with Crippen LogP contribution < -0.4 is 4.90 Å². The van der Waals surface area contributed by atoms with Crippen molar-refractivity contribution in [1.29, 1.82) is 0 Å². The third-order valence-corrected chi connectivity index (χ3v) is 3.30. The average Bonchev–Trinajstić information content (AvgIpc) is 2.58. The molecule has 0 aromatic heterocycles. The van der Waals surface area contributed by atoms with Gasteiger partial charge < -0.3 is 4.90 Å². The maximum Gasteiger partial charge on any atom is 0.234 e. The molecule has 1 fully saturated rings. The van der Waals surface area contributed by atoms with Gasteiger partial charge in [-0.2, -0.15) is 0 Å². The van der Waals surface area contributed by atoms with Crippen molar-refractivity contribution in [2.45, 2.75) is 13.3 Å². The number of hydrogen-bond donors (Lipinski definition) is 0. The second-order valence-electron chi connectivity index (χ2n) is 3.92. The van der Waals surface area contributed by atoms with Gasteiger partial charge in [-0.25, -0.2) is 0 Å². The lowest BCUT2D eigenvalue weighted by Crippen LogP contribution is -2.25. The van der Waals surface area contributed by atoms with E-state index in [1.165, 1.54) is 11.8 Å². The zero-order chi connectivity index (χ0) is 12.6. The van der Waals surface area contributed by atoms with Crippen LogP contribution in [0.1, 0.15) is 23.7 Å². The van der Waals surface area contributed by atoms with E-state index in [4.69, 9.17) is 0 Å². The molecule has 1 saturated heterocycles. The standard InChI is InChI=1S/C12H10BrNO3/c1-7(15)8-2-3-10(13)11(4-8)14-6-9(16)5-12(14)17/h2-4H,5-6H2,1H3. The van der Waals surface area contributed by atoms with E-state index in [1.807, 2.05) is 0 Å². The van der Waals surface area contributed by atoms with Gasteiger partial charge in [-0.3, -0.25) is 14.4 Å². The van der Waals surface area contributed by atoms with E-state index in [0.717, 1.165) is 0 Å². The van der Waals surface area contributed by atoms with Gasteiger partial charge in [0, 0.05) is 10.0 Å². The van der Waals surface area contributed by atoms with Crippen LogP contribution in [0.15, 0.2) is 22.7 Å². The molecular weight excluding hydrogens is 286 g/mol. The molecule has 0 N–H and O–H groups in total. The highest BCUT2D eigenvalue weighted by Gasteiger charge is 2.29. The van der Waals surface area contributed by atoms with Gasteiger partial charge in [-0.1, -0.05) is 6.07 Å². The van der Waals surface area contributed by atoms with Crippen molar-refractivity contribution in [2.24, 2.45) is 0 Å². The van der Waals surface area contributed by atoms with E-state index >= 15 is 0 Å². The van der Waals surface area contributed by atoms with Crippen LogP contribution >= 0.6 is 15.9 Å². The van der Waals surface area contributed by atoms with Crippen LogP contribution in [-0.2, 0) is 9.59 Å². The molecule has 0 unspecified atom stereocenters. The maximum atomic E-state index is 11.6. The Morgan fingerprint density at radius 1 is 1.35 bits per heavy atom. The van der Waals surface area contributed by atoms with Gasteiger partial charge in [0.15, 0.2) is 11.6 Å². The number of rotatable bonds is 2. The number of carbonyl (C=O) groups excluding carboxylic acids is 3. The molecule has 0 radical (unpaired) electrons. The molecule has 1 aromatic rings. The number of halogens is 1. The number of hydrogen-bond acceptors (Lipinski definition) is 3. The van der Waals surface area contributed by atoms with Gasteiger partial charge in [0.25, 0.3) is 0 Å². The summed E-state index contributed by atoms with van der Waals surface area (Å²) >= 11 is 3.32. The molecule has 0 bridgehead atoms. The maximum absolute atomic E-state index is 11.6. The topological polar surface area (TPSA) is 54.5 Å². The monoisotopic (exact) mass is 295 g/mol. The van der Waals surface area contributed by atoms with Crippen molar-refractivity contribution in [3.63, 3.8) is 0 Å². The number of Topliss-reactive ketones (excluding diaryl/α,β-unsaturated/α-hetero) is 2. The van der Waals surface area contributed by atoms with E-state index in [-0.39, 0.29) is 30.4 Å². The molecule has 4 nitrogen and oxygen atoms in total. The lowest BCUT2D eigenvalue weighted by Gasteiger charge is -2.17. The van der Waals surface area contributed by atoms with Crippen molar-refractivity contribution in [3.05, 3.63) is 28.2 Å². The number of nitrogens with zero attached hydrogens (tertiary/aromatic N) is 1. The third kappa shape index (κ3) is 2.29. The van der Waals surface area contributed by atoms with Gasteiger partial charge in [0.05, 0.1) is 18.7 Å². The molecule has 1 aliphatic rings. The molecule has 88 valence electrons. The normalized spacial score (nSPS) is 15.5. The molecule has 1 aromatic carbocycles. The minimum atomic E-state index is -0.226. The Labute approximate surface area is 107 Å². The second-order valence-corrected chi connectivity index (χ2v) is 4.77. The first-order valence-corrected chi connectivity index (χ1v) is 5.91. The summed E-state index contributed by atoms with van der Waals surface area (Å²) in [6.07, 6.45) is -0.0588. The molecule has 5 heteroatoms. The average molecular weight is 296 g/mol. The van der Waals surface area contributed by atoms with E-state index in [0.29, 0.717) is 15.7 Å². The van der Waals surface area contributed by atoms with Crippen molar-refractivity contribution in [1.82, 2.24) is 0 Å². The van der Waals surface area contributed by atoms with Crippen molar-refractivity contribution >= 4 is 39.1 Å². The van der Waals surface area contributed by atoms with Gasteiger partial charge in [0.2, 0.25) is 5.91 Å². The molecule has 1 aliphatic heterocycles. The summed E-state index contributed by atoms with van der Waals surface area (Å²) in [5.41, 5.74) is 1.10. The Kier molecular flexibility index (Phi) is 3.11. The molecule has 1 amide bonds. The molecule has 0 saturated carbocycles. The van der Waals surface area contributed by atoms with Gasteiger partial charge in [-0.05, 0) is 35.0 Å². The summed E-state index contributed by atoms with van der Waals surface area (Å²) in [5.74, 6) is -0.400. The first-order chi connectivity index (χ1) is 7.99. The summed E-state index contributed by atoms with van der Waals surface area (Å²) in [5, 5.41) is 0. The Hall–Kier alpha value is -1.49. The third-order valence-electron chi connectivity index (χ3n) is 2.63.